The van der Waals surface area contributed by atoms with Gasteiger partial charge in [0.25, 0.3) is 0 Å². The Morgan fingerprint density at radius 3 is 1.16 bits per heavy atom. The predicted molar refractivity (Wildman–Crippen MR) is 237 cm³/mol. The molecule has 1 N–H and O–H groups in total. The van der Waals surface area contributed by atoms with Gasteiger partial charge in [-0.1, -0.05) is 189 Å². The van der Waals surface area contributed by atoms with Gasteiger partial charge >= 0.3 is 11.9 Å². The van der Waals surface area contributed by atoms with Crippen molar-refractivity contribution in [3.63, 3.8) is 0 Å². The Morgan fingerprint density at radius 1 is 0.400 bits per heavy atom. The van der Waals surface area contributed by atoms with E-state index in [0.29, 0.717) is 43.8 Å². The second kappa shape index (κ2) is 44.0. The molecule has 0 aromatic rings. The van der Waals surface area contributed by atoms with Gasteiger partial charge in [-0.2, -0.15) is 0 Å². The van der Waals surface area contributed by atoms with Gasteiger partial charge in [-0.25, -0.2) is 0 Å². The molecule has 0 saturated carbocycles. The van der Waals surface area contributed by atoms with Gasteiger partial charge in [0.1, 0.15) is 0 Å². The molecule has 0 fully saturated rings. The van der Waals surface area contributed by atoms with E-state index in [4.69, 9.17) is 14.2 Å². The molecule has 6 heteroatoms. The average Bonchev–Trinajstić information content (AvgIpc) is 3.18. The number of carbonyl (C=O) groups excluding carboxylic acids is 2. The summed E-state index contributed by atoms with van der Waals surface area (Å²) in [6, 6.07) is 0. The van der Waals surface area contributed by atoms with Crippen molar-refractivity contribution in [1.29, 1.82) is 0 Å². The summed E-state index contributed by atoms with van der Waals surface area (Å²) in [5.74, 6) is 2.06. The highest BCUT2D eigenvalue weighted by Crippen LogP contribution is 2.23. The zero-order valence-corrected chi connectivity index (χ0v) is 37.9. The molecule has 0 aromatic carbocycles. The zero-order valence-electron chi connectivity index (χ0n) is 37.9. The van der Waals surface area contributed by atoms with E-state index < -0.39 is 0 Å². The largest absolute Gasteiger partial charge is 0.466 e. The Morgan fingerprint density at radius 2 is 0.764 bits per heavy atom. The predicted octanol–water partition coefficient (Wildman–Crippen LogP) is 14.5. The van der Waals surface area contributed by atoms with E-state index in [2.05, 4.69) is 39.9 Å². The van der Waals surface area contributed by atoms with Crippen molar-refractivity contribution in [1.82, 2.24) is 5.32 Å². The van der Waals surface area contributed by atoms with Gasteiger partial charge in [0.15, 0.2) is 0 Å². The van der Waals surface area contributed by atoms with Crippen LogP contribution < -0.4 is 5.32 Å². The first-order valence-electron chi connectivity index (χ1n) is 24.6. The van der Waals surface area contributed by atoms with Crippen molar-refractivity contribution >= 4 is 11.9 Å². The van der Waals surface area contributed by atoms with Gasteiger partial charge in [0, 0.05) is 26.1 Å². The zero-order chi connectivity index (χ0) is 40.3. The van der Waals surface area contributed by atoms with E-state index in [1.807, 2.05) is 0 Å². The molecular formula is C49H97NO5. The number of carbonyl (C=O) groups is 2. The average molecular weight is 780 g/mol. The van der Waals surface area contributed by atoms with Crippen LogP contribution in [0.3, 0.4) is 0 Å². The number of unbranched alkanes of at least 4 members (excludes halogenated alkanes) is 16. The van der Waals surface area contributed by atoms with Crippen molar-refractivity contribution in [3.05, 3.63) is 0 Å². The number of nitrogens with one attached hydrogen (secondary N) is 1. The number of hydrogen-bond acceptors (Lipinski definition) is 6. The molecule has 0 radical (unpaired) electrons. The van der Waals surface area contributed by atoms with Crippen LogP contribution in [0.1, 0.15) is 247 Å². The molecule has 0 unspecified atom stereocenters. The lowest BCUT2D eigenvalue weighted by atomic mass is 9.92. The standard InChI is InChI=1S/C49H97NO5/c1-6-11-21-30-45(31-22-12-7-2)38-42-54-48(51)36-27-19-15-17-25-34-47(44-53-41-29-40-50-10-5)35-26-18-16-20-28-37-49(52)55-43-39-46(32-23-13-8-3)33-24-14-9-4/h45-47,50H,6-44H2,1-5H3. The third-order valence-electron chi connectivity index (χ3n) is 11.7. The van der Waals surface area contributed by atoms with Gasteiger partial charge in [-0.3, -0.25) is 9.59 Å². The van der Waals surface area contributed by atoms with Gasteiger partial charge in [0.05, 0.1) is 13.2 Å². The summed E-state index contributed by atoms with van der Waals surface area (Å²) in [6.45, 7) is 16.2. The fraction of sp³-hybridized carbons (Fsp3) is 0.959. The van der Waals surface area contributed by atoms with Crippen LogP contribution in [0.5, 0.6) is 0 Å². The molecule has 0 bridgehead atoms. The maximum absolute atomic E-state index is 12.4. The Bertz CT molecular complexity index is 715. The molecule has 0 rings (SSSR count). The van der Waals surface area contributed by atoms with Crippen LogP contribution in [0.2, 0.25) is 0 Å². The number of ether oxygens (including phenoxy) is 3. The first-order chi connectivity index (χ1) is 27.0. The SMILES string of the molecule is CCCCCC(CCCCC)CCOC(=O)CCCCCCCC(CCCCCCCC(=O)OCCC(CCCCC)CCCCC)COCCCNCC. The molecule has 55 heavy (non-hydrogen) atoms. The number of esters is 2. The van der Waals surface area contributed by atoms with E-state index in [-0.39, 0.29) is 11.9 Å². The summed E-state index contributed by atoms with van der Waals surface area (Å²) < 4.78 is 17.5. The Hall–Kier alpha value is -1.14. The fourth-order valence-corrected chi connectivity index (χ4v) is 7.92. The molecule has 0 saturated heterocycles. The van der Waals surface area contributed by atoms with Gasteiger partial charge in [0.2, 0.25) is 0 Å². The molecule has 0 amide bonds. The summed E-state index contributed by atoms with van der Waals surface area (Å²) in [7, 11) is 0. The lowest BCUT2D eigenvalue weighted by molar-refractivity contribution is -0.145. The van der Waals surface area contributed by atoms with Crippen LogP contribution >= 0.6 is 0 Å². The topological polar surface area (TPSA) is 73.9 Å². The maximum atomic E-state index is 12.4. The third-order valence-corrected chi connectivity index (χ3v) is 11.7. The summed E-state index contributed by atoms with van der Waals surface area (Å²) >= 11 is 0. The minimum Gasteiger partial charge on any atom is -0.466 e. The molecule has 0 spiro atoms. The van der Waals surface area contributed by atoms with Crippen LogP contribution in [0, 0.1) is 17.8 Å². The fourth-order valence-electron chi connectivity index (χ4n) is 7.92. The molecule has 0 atom stereocenters. The maximum Gasteiger partial charge on any atom is 0.305 e. The van der Waals surface area contributed by atoms with Gasteiger partial charge in [-0.15, -0.1) is 0 Å². The van der Waals surface area contributed by atoms with Gasteiger partial charge < -0.3 is 19.5 Å². The molecule has 328 valence electrons. The highest BCUT2D eigenvalue weighted by atomic mass is 16.5. The molecule has 0 aliphatic carbocycles. The second-order valence-electron chi connectivity index (χ2n) is 17.0. The monoisotopic (exact) mass is 780 g/mol. The molecule has 6 nitrogen and oxygen atoms in total. The molecule has 0 aliphatic rings. The highest BCUT2D eigenvalue weighted by Gasteiger charge is 2.13. The number of rotatable bonds is 45. The van der Waals surface area contributed by atoms with Crippen LogP contribution in [-0.2, 0) is 23.8 Å². The van der Waals surface area contributed by atoms with E-state index in [1.54, 1.807) is 0 Å². The van der Waals surface area contributed by atoms with E-state index in [1.165, 1.54) is 154 Å². The summed E-state index contributed by atoms with van der Waals surface area (Å²) in [5.41, 5.74) is 0. The van der Waals surface area contributed by atoms with Crippen LogP contribution in [0.15, 0.2) is 0 Å². The molecular weight excluding hydrogens is 683 g/mol. The highest BCUT2D eigenvalue weighted by molar-refractivity contribution is 5.69. The first kappa shape index (κ1) is 53.9. The minimum absolute atomic E-state index is 0.00170. The van der Waals surface area contributed by atoms with Crippen molar-refractivity contribution < 1.29 is 23.8 Å². The Kier molecular flexibility index (Phi) is 43.1. The summed E-state index contributed by atoms with van der Waals surface area (Å²) in [5, 5.41) is 3.39. The number of hydrogen-bond donors (Lipinski definition) is 1. The quantitative estimate of drug-likeness (QED) is 0.0490. The first-order valence-corrected chi connectivity index (χ1v) is 24.6. The Balaban J connectivity index is 4.22. The molecule has 0 aliphatic heterocycles. The third kappa shape index (κ3) is 39.5. The van der Waals surface area contributed by atoms with Crippen LogP contribution in [0.4, 0.5) is 0 Å². The minimum atomic E-state index is 0.00170. The smallest absolute Gasteiger partial charge is 0.305 e. The normalized spacial score (nSPS) is 11.7. The lowest BCUT2D eigenvalue weighted by Gasteiger charge is -2.17. The van der Waals surface area contributed by atoms with Crippen LogP contribution in [-0.4, -0.2) is 51.5 Å². The van der Waals surface area contributed by atoms with Crippen molar-refractivity contribution in [2.24, 2.45) is 17.8 Å². The summed E-state index contributed by atoms with van der Waals surface area (Å²) in [6.07, 6.45) is 39.0. The van der Waals surface area contributed by atoms with Crippen LogP contribution in [0.25, 0.3) is 0 Å². The second-order valence-corrected chi connectivity index (χ2v) is 17.0. The van der Waals surface area contributed by atoms with E-state index >= 15 is 0 Å². The van der Waals surface area contributed by atoms with E-state index in [0.717, 1.165) is 71.2 Å². The Labute approximate surface area is 343 Å². The van der Waals surface area contributed by atoms with Crippen molar-refractivity contribution in [3.8, 4) is 0 Å². The van der Waals surface area contributed by atoms with E-state index in [9.17, 15) is 9.59 Å². The summed E-state index contributed by atoms with van der Waals surface area (Å²) in [4.78, 5) is 24.8. The van der Waals surface area contributed by atoms with Gasteiger partial charge in [-0.05, 0) is 75.8 Å². The molecule has 0 aromatic heterocycles. The van der Waals surface area contributed by atoms with Crippen molar-refractivity contribution in [2.45, 2.75) is 247 Å². The van der Waals surface area contributed by atoms with Crippen molar-refractivity contribution in [2.75, 3.05) is 39.5 Å². The molecule has 0 heterocycles. The lowest BCUT2D eigenvalue weighted by Crippen LogP contribution is -2.17.